The number of fused-ring (bicyclic) bond motifs is 1. The zero-order valence-corrected chi connectivity index (χ0v) is 10.5. The molecule has 0 aliphatic heterocycles. The lowest BCUT2D eigenvalue weighted by Crippen LogP contribution is -2.35. The van der Waals surface area contributed by atoms with E-state index in [2.05, 4.69) is 20.8 Å². The van der Waals surface area contributed by atoms with E-state index in [0.717, 1.165) is 0 Å². The summed E-state index contributed by atoms with van der Waals surface area (Å²) in [7, 11) is 0. The Balaban J connectivity index is 1.52. The molecule has 2 fully saturated rings. The van der Waals surface area contributed by atoms with E-state index in [9.17, 15) is 13.6 Å². The van der Waals surface area contributed by atoms with Gasteiger partial charge in [0, 0.05) is 30.1 Å². The fourth-order valence-corrected chi connectivity index (χ4v) is 2.81. The van der Waals surface area contributed by atoms with E-state index in [4.69, 9.17) is 11.6 Å². The molecule has 3 rings (SSSR count). The molecule has 1 amide bonds. The second-order valence-electron chi connectivity index (χ2n) is 4.87. The number of halogens is 3. The summed E-state index contributed by atoms with van der Waals surface area (Å²) < 4.78 is 26.0. The molecule has 1 aromatic heterocycles. The summed E-state index contributed by atoms with van der Waals surface area (Å²) in [6, 6.07) is 0. The number of nitrogens with one attached hydrogen (secondary N) is 2. The summed E-state index contributed by atoms with van der Waals surface area (Å²) in [5.74, 6) is -4.27. The van der Waals surface area contributed by atoms with Gasteiger partial charge in [0.15, 0.2) is 11.0 Å². The normalized spacial score (nSPS) is 30.6. The van der Waals surface area contributed by atoms with Crippen LogP contribution >= 0.6 is 11.6 Å². The van der Waals surface area contributed by atoms with E-state index in [1.54, 1.807) is 0 Å². The van der Waals surface area contributed by atoms with Gasteiger partial charge in [0.2, 0.25) is 5.91 Å². The van der Waals surface area contributed by atoms with Gasteiger partial charge in [0.1, 0.15) is 0 Å². The topological polar surface area (TPSA) is 66.9 Å². The van der Waals surface area contributed by atoms with Gasteiger partial charge in [-0.25, -0.2) is 18.7 Å². The molecule has 0 radical (unpaired) electrons. The first-order valence-electron chi connectivity index (χ1n) is 5.90. The predicted octanol–water partition coefficient (Wildman–Crippen LogP) is 1.86. The first kappa shape index (κ1) is 12.5. The molecule has 2 saturated carbocycles. The highest BCUT2D eigenvalue weighted by Crippen LogP contribution is 2.65. The lowest BCUT2D eigenvalue weighted by Gasteiger charge is -2.15. The summed E-state index contributed by atoms with van der Waals surface area (Å²) in [5, 5.41) is 0.128. The van der Waals surface area contributed by atoms with E-state index in [1.807, 2.05) is 0 Å². The van der Waals surface area contributed by atoms with Crippen LogP contribution in [0.5, 0.6) is 0 Å². The van der Waals surface area contributed by atoms with E-state index in [0.29, 0.717) is 0 Å². The Labute approximate surface area is 112 Å². The van der Waals surface area contributed by atoms with E-state index in [1.165, 1.54) is 12.4 Å². The van der Waals surface area contributed by atoms with Gasteiger partial charge in [0.25, 0.3) is 5.92 Å². The smallest absolute Gasteiger partial charge is 0.254 e. The van der Waals surface area contributed by atoms with Gasteiger partial charge in [-0.1, -0.05) is 11.6 Å². The van der Waals surface area contributed by atoms with Crippen molar-refractivity contribution in [2.24, 2.45) is 17.8 Å². The lowest BCUT2D eigenvalue weighted by molar-refractivity contribution is -0.125. The third-order valence-electron chi connectivity index (χ3n) is 3.77. The van der Waals surface area contributed by atoms with Crippen LogP contribution in [0.3, 0.4) is 0 Å². The van der Waals surface area contributed by atoms with Crippen molar-refractivity contribution in [2.45, 2.75) is 18.8 Å². The van der Waals surface area contributed by atoms with Crippen molar-refractivity contribution in [3.63, 3.8) is 0 Å². The molecule has 0 saturated heterocycles. The number of hydrogen-bond donors (Lipinski definition) is 2. The Hall–Kier alpha value is -1.50. The fourth-order valence-electron chi connectivity index (χ4n) is 2.65. The average molecular weight is 289 g/mol. The summed E-state index contributed by atoms with van der Waals surface area (Å²) in [4.78, 5) is 19.5. The number of anilines is 1. The van der Waals surface area contributed by atoms with Crippen molar-refractivity contribution in [1.29, 1.82) is 0 Å². The van der Waals surface area contributed by atoms with E-state index < -0.39 is 17.8 Å². The number of alkyl halides is 2. The molecule has 0 unspecified atom stereocenters. The van der Waals surface area contributed by atoms with Gasteiger partial charge in [-0.3, -0.25) is 15.6 Å². The summed E-state index contributed by atoms with van der Waals surface area (Å²) in [6.45, 7) is 0. The van der Waals surface area contributed by atoms with Gasteiger partial charge >= 0.3 is 0 Å². The molecule has 102 valence electrons. The van der Waals surface area contributed by atoms with E-state index >= 15 is 0 Å². The van der Waals surface area contributed by atoms with E-state index in [-0.39, 0.29) is 35.6 Å². The predicted molar refractivity (Wildman–Crippen MR) is 63.5 cm³/mol. The number of hydrogen-bond acceptors (Lipinski definition) is 4. The molecule has 2 aliphatic rings. The van der Waals surface area contributed by atoms with Crippen LogP contribution in [0.15, 0.2) is 12.4 Å². The first-order chi connectivity index (χ1) is 9.00. The maximum Gasteiger partial charge on any atom is 0.254 e. The summed E-state index contributed by atoms with van der Waals surface area (Å²) in [5.41, 5.74) is 4.98. The third kappa shape index (κ3) is 2.11. The number of rotatable bonds is 3. The van der Waals surface area contributed by atoms with Crippen LogP contribution in [-0.2, 0) is 4.79 Å². The number of carbonyl (C=O) groups excluding carboxylic acids is 1. The van der Waals surface area contributed by atoms with Crippen LogP contribution in [0.4, 0.5) is 14.6 Å². The monoisotopic (exact) mass is 288 g/mol. The molecule has 0 spiro atoms. The fraction of sp³-hybridized carbons (Fsp3) is 0.545. The van der Waals surface area contributed by atoms with Crippen molar-refractivity contribution in [3.05, 3.63) is 17.5 Å². The van der Waals surface area contributed by atoms with Crippen molar-refractivity contribution in [3.8, 4) is 0 Å². The molecule has 1 heterocycles. The standard InChI is InChI=1S/C11H11ClF2N4O/c12-8-9(16-2-1-15-8)17-18-10(19)5-3-6-7(4-5)11(6,13)14/h1-2,5-7H,3-4H2,(H,16,17)(H,18,19)/t5-,6-,7+. The number of hydrazine groups is 1. The Kier molecular flexibility index (Phi) is 2.81. The molecular weight excluding hydrogens is 278 g/mol. The Morgan fingerprint density at radius 2 is 1.95 bits per heavy atom. The van der Waals surface area contributed by atoms with Crippen LogP contribution in [0, 0.1) is 17.8 Å². The van der Waals surface area contributed by atoms with Crippen LogP contribution < -0.4 is 10.9 Å². The number of aromatic nitrogens is 2. The first-order valence-corrected chi connectivity index (χ1v) is 6.28. The number of carbonyl (C=O) groups is 1. The van der Waals surface area contributed by atoms with Crippen molar-refractivity contribution < 1.29 is 13.6 Å². The average Bonchev–Trinajstić information content (AvgIpc) is 2.79. The van der Waals surface area contributed by atoms with Crippen LogP contribution in [0.25, 0.3) is 0 Å². The highest BCUT2D eigenvalue weighted by molar-refractivity contribution is 6.31. The molecule has 0 aromatic carbocycles. The van der Waals surface area contributed by atoms with Gasteiger partial charge in [0.05, 0.1) is 0 Å². The molecule has 2 aliphatic carbocycles. The summed E-state index contributed by atoms with van der Waals surface area (Å²) in [6.07, 6.45) is 3.31. The highest BCUT2D eigenvalue weighted by Gasteiger charge is 2.72. The second kappa shape index (κ2) is 4.26. The van der Waals surface area contributed by atoms with Gasteiger partial charge < -0.3 is 0 Å². The molecule has 2 N–H and O–H groups in total. The van der Waals surface area contributed by atoms with Crippen LogP contribution in [-0.4, -0.2) is 21.8 Å². The van der Waals surface area contributed by atoms with Crippen molar-refractivity contribution in [2.75, 3.05) is 5.43 Å². The minimum Gasteiger partial charge on any atom is -0.279 e. The largest absolute Gasteiger partial charge is 0.279 e. The molecule has 19 heavy (non-hydrogen) atoms. The molecule has 0 bridgehead atoms. The zero-order valence-electron chi connectivity index (χ0n) is 9.74. The van der Waals surface area contributed by atoms with Gasteiger partial charge in [-0.2, -0.15) is 0 Å². The molecule has 8 heteroatoms. The van der Waals surface area contributed by atoms with Crippen LogP contribution in [0.1, 0.15) is 12.8 Å². The Morgan fingerprint density at radius 3 is 2.58 bits per heavy atom. The molecule has 1 aromatic rings. The van der Waals surface area contributed by atoms with Gasteiger partial charge in [-0.15, -0.1) is 0 Å². The highest BCUT2D eigenvalue weighted by atomic mass is 35.5. The van der Waals surface area contributed by atoms with Crippen LogP contribution in [0.2, 0.25) is 5.15 Å². The third-order valence-corrected chi connectivity index (χ3v) is 4.05. The second-order valence-corrected chi connectivity index (χ2v) is 5.22. The minimum atomic E-state index is -2.56. The number of nitrogens with zero attached hydrogens (tertiary/aromatic N) is 2. The summed E-state index contributed by atoms with van der Waals surface area (Å²) >= 11 is 5.75. The zero-order chi connectivity index (χ0) is 13.6. The lowest BCUT2D eigenvalue weighted by atomic mass is 10.0. The molecule has 5 nitrogen and oxygen atoms in total. The quantitative estimate of drug-likeness (QED) is 0.833. The number of amides is 1. The Morgan fingerprint density at radius 1 is 1.32 bits per heavy atom. The van der Waals surface area contributed by atoms with Crippen molar-refractivity contribution in [1.82, 2.24) is 15.4 Å². The van der Waals surface area contributed by atoms with Crippen molar-refractivity contribution >= 4 is 23.3 Å². The Bertz CT molecular complexity index is 513. The SMILES string of the molecule is O=C(NNc1nccnc1Cl)[C@@H]1C[C@@H]2[C@H](C1)C2(F)F. The molecular formula is C11H11ClF2N4O. The maximum absolute atomic E-state index is 13.0. The minimum absolute atomic E-state index is 0.128. The molecule has 3 atom stereocenters. The van der Waals surface area contributed by atoms with Gasteiger partial charge in [-0.05, 0) is 12.8 Å². The maximum atomic E-state index is 13.0.